The van der Waals surface area contributed by atoms with Crippen molar-refractivity contribution in [1.29, 1.82) is 0 Å². The molecule has 0 aliphatic carbocycles. The highest BCUT2D eigenvalue weighted by atomic mass is 32.1. The van der Waals surface area contributed by atoms with Crippen molar-refractivity contribution < 1.29 is 4.42 Å². The molecule has 98 valence electrons. The average Bonchev–Trinajstić information content (AvgIpc) is 3.14. The van der Waals surface area contributed by atoms with Crippen molar-refractivity contribution in [3.8, 4) is 22.2 Å². The first kappa shape index (κ1) is 12.4. The molecule has 3 aromatic rings. The average molecular weight is 291 g/mol. The molecular formula is C13H13N3OS2. The molecule has 3 aromatic heterocycles. The second-order valence-electron chi connectivity index (χ2n) is 3.98. The smallest absolute Gasteiger partial charge is 0.183 e. The van der Waals surface area contributed by atoms with Gasteiger partial charge < -0.3 is 9.73 Å². The monoisotopic (exact) mass is 291 g/mol. The Labute approximate surface area is 119 Å². The highest BCUT2D eigenvalue weighted by Gasteiger charge is 2.11. The van der Waals surface area contributed by atoms with Crippen molar-refractivity contribution in [3.05, 3.63) is 29.2 Å². The van der Waals surface area contributed by atoms with Crippen LogP contribution < -0.4 is 5.32 Å². The number of hydrogen-bond acceptors (Lipinski definition) is 6. The zero-order chi connectivity index (χ0) is 13.1. The molecule has 3 rings (SSSR count). The molecule has 0 amide bonds. The fourth-order valence-corrected chi connectivity index (χ4v) is 3.12. The fourth-order valence-electron chi connectivity index (χ4n) is 1.61. The predicted octanol–water partition coefficient (Wildman–Crippen LogP) is 4.35. The molecule has 3 heterocycles. The minimum absolute atomic E-state index is 0.802. The van der Waals surface area contributed by atoms with E-state index >= 15 is 0 Å². The number of rotatable bonds is 5. The topological polar surface area (TPSA) is 51.0 Å². The Morgan fingerprint density at radius 1 is 1.21 bits per heavy atom. The predicted molar refractivity (Wildman–Crippen MR) is 79.7 cm³/mol. The van der Waals surface area contributed by atoms with Gasteiger partial charge in [-0.25, -0.2) is 9.97 Å². The van der Waals surface area contributed by atoms with E-state index in [1.807, 2.05) is 22.9 Å². The van der Waals surface area contributed by atoms with Crippen LogP contribution in [-0.4, -0.2) is 16.5 Å². The molecule has 0 aromatic carbocycles. The summed E-state index contributed by atoms with van der Waals surface area (Å²) >= 11 is 3.18. The molecule has 0 bridgehead atoms. The highest BCUT2D eigenvalue weighted by molar-refractivity contribution is 7.14. The Morgan fingerprint density at radius 3 is 2.84 bits per heavy atom. The Kier molecular flexibility index (Phi) is 3.61. The second-order valence-corrected chi connectivity index (χ2v) is 5.70. The Balaban J connectivity index is 1.81. The van der Waals surface area contributed by atoms with Crippen LogP contribution in [0.15, 0.2) is 33.6 Å². The minimum Gasteiger partial charge on any atom is -0.462 e. The van der Waals surface area contributed by atoms with Crippen molar-refractivity contribution in [2.75, 3.05) is 11.9 Å². The van der Waals surface area contributed by atoms with E-state index in [2.05, 4.69) is 22.2 Å². The van der Waals surface area contributed by atoms with Crippen LogP contribution in [0.2, 0.25) is 0 Å². The van der Waals surface area contributed by atoms with Crippen LogP contribution in [-0.2, 0) is 0 Å². The van der Waals surface area contributed by atoms with Crippen molar-refractivity contribution in [2.24, 2.45) is 0 Å². The zero-order valence-electron chi connectivity index (χ0n) is 10.4. The normalized spacial score (nSPS) is 10.8. The summed E-state index contributed by atoms with van der Waals surface area (Å²) in [5.41, 5.74) is 1.81. The Bertz CT molecular complexity index is 642. The lowest BCUT2D eigenvalue weighted by atomic mass is 10.4. The van der Waals surface area contributed by atoms with E-state index in [0.29, 0.717) is 0 Å². The molecule has 6 heteroatoms. The summed E-state index contributed by atoms with van der Waals surface area (Å²) in [6, 6.07) is 3.78. The summed E-state index contributed by atoms with van der Waals surface area (Å²) in [6.45, 7) is 3.08. The van der Waals surface area contributed by atoms with E-state index in [1.54, 1.807) is 28.9 Å². The molecule has 0 aliphatic rings. The van der Waals surface area contributed by atoms with Crippen molar-refractivity contribution in [3.63, 3.8) is 0 Å². The third kappa shape index (κ3) is 2.69. The summed E-state index contributed by atoms with van der Waals surface area (Å²) < 4.78 is 5.34. The van der Waals surface area contributed by atoms with Crippen LogP contribution >= 0.6 is 22.7 Å². The first-order valence-corrected chi connectivity index (χ1v) is 7.82. The zero-order valence-corrected chi connectivity index (χ0v) is 12.1. The molecule has 0 aliphatic heterocycles. The number of anilines is 1. The largest absolute Gasteiger partial charge is 0.462 e. The van der Waals surface area contributed by atoms with Gasteiger partial charge in [-0.05, 0) is 18.6 Å². The molecule has 1 N–H and O–H groups in total. The lowest BCUT2D eigenvalue weighted by Gasteiger charge is -1.96. The van der Waals surface area contributed by atoms with Gasteiger partial charge in [0, 0.05) is 17.3 Å². The molecule has 0 fully saturated rings. The van der Waals surface area contributed by atoms with Gasteiger partial charge >= 0.3 is 0 Å². The number of hydrogen-bond donors (Lipinski definition) is 1. The minimum atomic E-state index is 0.802. The van der Waals surface area contributed by atoms with E-state index in [9.17, 15) is 0 Å². The van der Waals surface area contributed by atoms with Crippen LogP contribution in [0.3, 0.4) is 0 Å². The number of nitrogens with zero attached hydrogens (tertiary/aromatic N) is 2. The molecule has 0 atom stereocenters. The summed E-state index contributed by atoms with van der Waals surface area (Å²) in [5.74, 6) is 0.802. The van der Waals surface area contributed by atoms with E-state index in [-0.39, 0.29) is 0 Å². The first-order valence-electron chi connectivity index (χ1n) is 6.06. The van der Waals surface area contributed by atoms with Crippen molar-refractivity contribution in [2.45, 2.75) is 13.3 Å². The van der Waals surface area contributed by atoms with Crippen LogP contribution in [0.25, 0.3) is 22.2 Å². The second kappa shape index (κ2) is 5.54. The Morgan fingerprint density at radius 2 is 2.05 bits per heavy atom. The van der Waals surface area contributed by atoms with E-state index < -0.39 is 0 Å². The fraction of sp³-hybridized carbons (Fsp3) is 0.231. The molecule has 0 saturated carbocycles. The maximum absolute atomic E-state index is 5.34. The maximum atomic E-state index is 5.34. The van der Waals surface area contributed by atoms with Crippen LogP contribution in [0, 0.1) is 0 Å². The lowest BCUT2D eigenvalue weighted by Crippen LogP contribution is -1.98. The van der Waals surface area contributed by atoms with Crippen LogP contribution in [0.5, 0.6) is 0 Å². The third-order valence-corrected chi connectivity index (χ3v) is 4.19. The quantitative estimate of drug-likeness (QED) is 0.759. The summed E-state index contributed by atoms with van der Waals surface area (Å²) in [5, 5.41) is 9.15. The van der Waals surface area contributed by atoms with Gasteiger partial charge in [0.25, 0.3) is 0 Å². The van der Waals surface area contributed by atoms with Gasteiger partial charge in [-0.1, -0.05) is 6.92 Å². The van der Waals surface area contributed by atoms with Gasteiger partial charge in [-0.2, -0.15) is 0 Å². The molecule has 0 saturated heterocycles. The molecule has 0 radical (unpaired) electrons. The number of furan rings is 1. The molecule has 0 unspecified atom stereocenters. The molecule has 0 spiro atoms. The summed E-state index contributed by atoms with van der Waals surface area (Å²) in [4.78, 5) is 9.09. The Hall–Kier alpha value is -1.66. The van der Waals surface area contributed by atoms with Crippen LogP contribution in [0.4, 0.5) is 5.13 Å². The van der Waals surface area contributed by atoms with Gasteiger partial charge in [-0.15, -0.1) is 22.7 Å². The van der Waals surface area contributed by atoms with E-state index in [4.69, 9.17) is 4.42 Å². The number of aromatic nitrogens is 2. The van der Waals surface area contributed by atoms with Gasteiger partial charge in [0.15, 0.2) is 15.9 Å². The SMILES string of the molecule is CCCNc1nc(-c2csc(-c3ccco3)n2)cs1. The standard InChI is InChI=1S/C13H13N3OS2/c1-2-5-14-13-16-10(8-19-13)9-7-18-12(15-9)11-4-3-6-17-11/h3-4,6-8H,2,5H2,1H3,(H,14,16). The lowest BCUT2D eigenvalue weighted by molar-refractivity contribution is 0.582. The molecular weight excluding hydrogens is 278 g/mol. The van der Waals surface area contributed by atoms with Gasteiger partial charge in [0.05, 0.1) is 6.26 Å². The number of nitrogens with one attached hydrogen (secondary N) is 1. The highest BCUT2D eigenvalue weighted by Crippen LogP contribution is 2.30. The van der Waals surface area contributed by atoms with Gasteiger partial charge in [0.1, 0.15) is 11.4 Å². The number of thiazole rings is 2. The van der Waals surface area contributed by atoms with Crippen molar-refractivity contribution >= 4 is 27.8 Å². The van der Waals surface area contributed by atoms with Crippen molar-refractivity contribution in [1.82, 2.24) is 9.97 Å². The van der Waals surface area contributed by atoms with E-state index in [1.165, 1.54) is 0 Å². The maximum Gasteiger partial charge on any atom is 0.183 e. The summed E-state index contributed by atoms with van der Waals surface area (Å²) in [7, 11) is 0. The molecule has 19 heavy (non-hydrogen) atoms. The van der Waals surface area contributed by atoms with Crippen LogP contribution in [0.1, 0.15) is 13.3 Å². The third-order valence-electron chi connectivity index (χ3n) is 2.53. The summed E-state index contributed by atoms with van der Waals surface area (Å²) in [6.07, 6.45) is 2.75. The molecule has 4 nitrogen and oxygen atoms in total. The first-order chi connectivity index (χ1) is 9.36. The van der Waals surface area contributed by atoms with Gasteiger partial charge in [-0.3, -0.25) is 0 Å². The van der Waals surface area contributed by atoms with Gasteiger partial charge in [0.2, 0.25) is 0 Å². The van der Waals surface area contributed by atoms with E-state index in [0.717, 1.165) is 40.3 Å².